The molecule has 1 unspecified atom stereocenters. The summed E-state index contributed by atoms with van der Waals surface area (Å²) in [5.74, 6) is -0.0212. The summed E-state index contributed by atoms with van der Waals surface area (Å²) in [6.07, 6.45) is 1.48. The van der Waals surface area contributed by atoms with Crippen LogP contribution < -0.4 is 27.0 Å². The lowest BCUT2D eigenvalue weighted by Gasteiger charge is -2.18. The van der Waals surface area contributed by atoms with E-state index in [9.17, 15) is 4.79 Å². The molecule has 0 saturated carbocycles. The topological polar surface area (TPSA) is 118 Å². The highest BCUT2D eigenvalue weighted by Gasteiger charge is 2.14. The zero-order valence-electron chi connectivity index (χ0n) is 14.9. The van der Waals surface area contributed by atoms with Gasteiger partial charge in [-0.1, -0.05) is 13.8 Å². The number of rotatable bonds is 14. The van der Waals surface area contributed by atoms with Gasteiger partial charge < -0.3 is 31.9 Å². The highest BCUT2D eigenvalue weighted by molar-refractivity contribution is 5.81. The van der Waals surface area contributed by atoms with E-state index in [-0.39, 0.29) is 17.9 Å². The van der Waals surface area contributed by atoms with Crippen LogP contribution in [0.15, 0.2) is 0 Å². The van der Waals surface area contributed by atoms with Crippen molar-refractivity contribution < 1.29 is 4.79 Å². The van der Waals surface area contributed by atoms with Crippen LogP contribution in [-0.4, -0.2) is 75.7 Å². The number of amides is 1. The number of nitrogens with one attached hydrogen (secondary N) is 5. The van der Waals surface area contributed by atoms with Gasteiger partial charge in [0, 0.05) is 32.7 Å². The molecule has 0 aliphatic rings. The smallest absolute Gasteiger partial charge is 0.237 e. The molecule has 0 aliphatic heterocycles. The van der Waals surface area contributed by atoms with E-state index in [1.165, 1.54) is 0 Å². The van der Waals surface area contributed by atoms with Crippen LogP contribution in [0, 0.1) is 5.41 Å². The lowest BCUT2D eigenvalue weighted by Crippen LogP contribution is -2.45. The van der Waals surface area contributed by atoms with Crippen molar-refractivity contribution in [3.05, 3.63) is 0 Å². The molecule has 0 saturated heterocycles. The highest BCUT2D eigenvalue weighted by atomic mass is 16.2. The average molecular weight is 329 g/mol. The van der Waals surface area contributed by atoms with Crippen molar-refractivity contribution in [3.8, 4) is 0 Å². The molecule has 8 nitrogen and oxygen atoms in total. The van der Waals surface area contributed by atoms with Crippen molar-refractivity contribution in [1.29, 1.82) is 5.41 Å². The fourth-order valence-corrected chi connectivity index (χ4v) is 2.24. The van der Waals surface area contributed by atoms with Crippen LogP contribution >= 0.6 is 0 Å². The van der Waals surface area contributed by atoms with E-state index in [4.69, 9.17) is 11.1 Å². The maximum Gasteiger partial charge on any atom is 0.237 e. The Hall–Kier alpha value is -1.38. The lowest BCUT2D eigenvalue weighted by molar-refractivity contribution is -0.123. The van der Waals surface area contributed by atoms with Crippen molar-refractivity contribution in [2.45, 2.75) is 32.7 Å². The molecule has 136 valence electrons. The molecule has 8 heteroatoms. The number of guanidine groups is 1. The van der Waals surface area contributed by atoms with Crippen LogP contribution in [0.3, 0.4) is 0 Å². The van der Waals surface area contributed by atoms with Gasteiger partial charge in [0.25, 0.3) is 0 Å². The van der Waals surface area contributed by atoms with E-state index in [1.807, 2.05) is 0 Å². The molecule has 0 aromatic rings. The molecule has 0 spiro atoms. The summed E-state index contributed by atoms with van der Waals surface area (Å²) in [5, 5.41) is 19.1. The van der Waals surface area contributed by atoms with Crippen LogP contribution in [0.2, 0.25) is 0 Å². The van der Waals surface area contributed by atoms with Crippen molar-refractivity contribution in [2.24, 2.45) is 5.73 Å². The molecule has 0 aromatic carbocycles. The summed E-state index contributed by atoms with van der Waals surface area (Å²) in [6.45, 7) is 10.4. The number of hydrogen-bond donors (Lipinski definition) is 6. The van der Waals surface area contributed by atoms with E-state index in [1.54, 1.807) is 7.05 Å². The second kappa shape index (κ2) is 14.2. The molecule has 0 bridgehead atoms. The molecule has 0 fully saturated rings. The number of carbonyl (C=O) groups is 1. The van der Waals surface area contributed by atoms with Gasteiger partial charge in [-0.2, -0.15) is 0 Å². The Morgan fingerprint density at radius 2 is 1.83 bits per heavy atom. The van der Waals surface area contributed by atoms with Crippen LogP contribution in [0.4, 0.5) is 0 Å². The van der Waals surface area contributed by atoms with Gasteiger partial charge in [0.15, 0.2) is 5.96 Å². The Kier molecular flexibility index (Phi) is 13.4. The first-order chi connectivity index (χ1) is 11.0. The van der Waals surface area contributed by atoms with Crippen molar-refractivity contribution in [3.63, 3.8) is 0 Å². The first-order valence-electron chi connectivity index (χ1n) is 8.51. The molecule has 1 amide bonds. The largest absolute Gasteiger partial charge is 0.370 e. The third-order valence-electron chi connectivity index (χ3n) is 3.75. The Morgan fingerprint density at radius 1 is 1.13 bits per heavy atom. The summed E-state index contributed by atoms with van der Waals surface area (Å²) in [4.78, 5) is 14.4. The maximum absolute atomic E-state index is 12.0. The van der Waals surface area contributed by atoms with Gasteiger partial charge >= 0.3 is 0 Å². The van der Waals surface area contributed by atoms with Gasteiger partial charge in [-0.15, -0.1) is 0 Å². The van der Waals surface area contributed by atoms with Gasteiger partial charge in [-0.25, -0.2) is 0 Å². The fraction of sp³-hybridized carbons (Fsp3) is 0.867. The molecule has 0 heterocycles. The molecular weight excluding hydrogens is 294 g/mol. The Balaban J connectivity index is 3.70. The SMILES string of the molecule is CCN(CC)CCNCCNC(=O)C(CCCNC(=N)N)NC. The number of carbonyl (C=O) groups excluding carboxylic acids is 1. The van der Waals surface area contributed by atoms with Gasteiger partial charge in [0.1, 0.15) is 0 Å². The zero-order valence-corrected chi connectivity index (χ0v) is 14.9. The molecule has 0 aliphatic carbocycles. The van der Waals surface area contributed by atoms with Crippen molar-refractivity contribution in [2.75, 3.05) is 52.9 Å². The molecule has 0 rings (SSSR count). The van der Waals surface area contributed by atoms with Gasteiger partial charge in [-0.05, 0) is 33.0 Å². The normalized spacial score (nSPS) is 12.2. The Bertz CT molecular complexity index is 321. The summed E-state index contributed by atoms with van der Waals surface area (Å²) in [6, 6.07) is -0.209. The van der Waals surface area contributed by atoms with Gasteiger partial charge in [-0.3, -0.25) is 10.2 Å². The average Bonchev–Trinajstić information content (AvgIpc) is 2.54. The second-order valence-electron chi connectivity index (χ2n) is 5.39. The maximum atomic E-state index is 12.0. The molecule has 0 radical (unpaired) electrons. The Labute approximate surface area is 140 Å². The fourth-order valence-electron chi connectivity index (χ4n) is 2.24. The molecular formula is C15H35N7O. The second-order valence-corrected chi connectivity index (χ2v) is 5.39. The molecule has 7 N–H and O–H groups in total. The number of nitrogens with two attached hydrogens (primary N) is 1. The predicted octanol–water partition coefficient (Wildman–Crippen LogP) is -1.11. The van der Waals surface area contributed by atoms with E-state index in [2.05, 4.69) is 40.0 Å². The van der Waals surface area contributed by atoms with E-state index >= 15 is 0 Å². The van der Waals surface area contributed by atoms with Crippen LogP contribution in [0.5, 0.6) is 0 Å². The van der Waals surface area contributed by atoms with Crippen molar-refractivity contribution >= 4 is 11.9 Å². The first-order valence-corrected chi connectivity index (χ1v) is 8.51. The summed E-state index contributed by atoms with van der Waals surface area (Å²) in [7, 11) is 1.78. The van der Waals surface area contributed by atoms with Crippen LogP contribution in [-0.2, 0) is 4.79 Å². The van der Waals surface area contributed by atoms with Crippen LogP contribution in [0.25, 0.3) is 0 Å². The minimum absolute atomic E-state index is 0.0147. The molecule has 0 aromatic heterocycles. The lowest BCUT2D eigenvalue weighted by atomic mass is 10.1. The summed E-state index contributed by atoms with van der Waals surface area (Å²) < 4.78 is 0. The minimum Gasteiger partial charge on any atom is -0.370 e. The quantitative estimate of drug-likeness (QED) is 0.137. The van der Waals surface area contributed by atoms with Gasteiger partial charge in [0.2, 0.25) is 5.91 Å². The predicted molar refractivity (Wildman–Crippen MR) is 95.7 cm³/mol. The van der Waals surface area contributed by atoms with E-state index in [0.29, 0.717) is 19.5 Å². The number of hydrogen-bond acceptors (Lipinski definition) is 5. The summed E-state index contributed by atoms with van der Waals surface area (Å²) >= 11 is 0. The number of likely N-dealkylation sites (N-methyl/N-ethyl adjacent to an activating group) is 2. The van der Waals surface area contributed by atoms with Gasteiger partial charge in [0.05, 0.1) is 6.04 Å². The first kappa shape index (κ1) is 21.6. The van der Waals surface area contributed by atoms with E-state index in [0.717, 1.165) is 39.1 Å². The zero-order chi connectivity index (χ0) is 17.5. The monoisotopic (exact) mass is 329 g/mol. The Morgan fingerprint density at radius 3 is 2.39 bits per heavy atom. The van der Waals surface area contributed by atoms with E-state index < -0.39 is 0 Å². The third-order valence-corrected chi connectivity index (χ3v) is 3.75. The van der Waals surface area contributed by atoms with Crippen molar-refractivity contribution in [1.82, 2.24) is 26.2 Å². The standard InChI is InChI=1S/C15H35N7O/c1-4-22(5-2)12-11-19-9-10-20-14(23)13(18-3)7-6-8-21-15(16)17/h13,18-19H,4-12H2,1-3H3,(H,20,23)(H4,16,17,21). The van der Waals surface area contributed by atoms with Crippen LogP contribution in [0.1, 0.15) is 26.7 Å². The molecule has 23 heavy (non-hydrogen) atoms. The molecule has 1 atom stereocenters. The third kappa shape index (κ3) is 11.8. The number of nitrogens with zero attached hydrogens (tertiary/aromatic N) is 1. The highest BCUT2D eigenvalue weighted by Crippen LogP contribution is 1.96. The summed E-state index contributed by atoms with van der Waals surface area (Å²) in [5.41, 5.74) is 5.21. The minimum atomic E-state index is -0.209.